The standard InChI is InChI=1S/C20H25F3O2/c1-14-17(7-3-6-15-4-2-5-15)10-11-18(19(14)25-20(21,22)23)24-13-12-16-8-9-16/h3,6,10-11,15-16H,2,4-5,7-9,12-13H2,1H3/b6-3+. The van der Waals surface area contributed by atoms with Gasteiger partial charge in [-0.2, -0.15) is 0 Å². The third-order valence-corrected chi connectivity index (χ3v) is 5.08. The van der Waals surface area contributed by atoms with Gasteiger partial charge in [0.05, 0.1) is 6.61 Å². The highest BCUT2D eigenvalue weighted by Gasteiger charge is 2.34. The Morgan fingerprint density at radius 3 is 2.52 bits per heavy atom. The molecule has 2 saturated carbocycles. The van der Waals surface area contributed by atoms with Gasteiger partial charge in [0.15, 0.2) is 11.5 Å². The van der Waals surface area contributed by atoms with E-state index < -0.39 is 6.36 Å². The van der Waals surface area contributed by atoms with Gasteiger partial charge in [0, 0.05) is 0 Å². The largest absolute Gasteiger partial charge is 0.573 e. The summed E-state index contributed by atoms with van der Waals surface area (Å²) in [5.74, 6) is 1.29. The van der Waals surface area contributed by atoms with Crippen LogP contribution < -0.4 is 9.47 Å². The Kier molecular flexibility index (Phi) is 5.60. The molecule has 1 aromatic carbocycles. The van der Waals surface area contributed by atoms with E-state index in [1.807, 2.05) is 6.07 Å². The highest BCUT2D eigenvalue weighted by molar-refractivity contribution is 5.50. The van der Waals surface area contributed by atoms with Crippen molar-refractivity contribution >= 4 is 0 Å². The van der Waals surface area contributed by atoms with Gasteiger partial charge in [0.25, 0.3) is 0 Å². The average molecular weight is 354 g/mol. The van der Waals surface area contributed by atoms with Crippen molar-refractivity contribution in [2.24, 2.45) is 11.8 Å². The fraction of sp³-hybridized carbons (Fsp3) is 0.600. The minimum Gasteiger partial charge on any atom is -0.490 e. The third-order valence-electron chi connectivity index (χ3n) is 5.08. The van der Waals surface area contributed by atoms with Gasteiger partial charge in [0.2, 0.25) is 0 Å². The number of rotatable bonds is 8. The number of alkyl halides is 3. The van der Waals surface area contributed by atoms with Crippen LogP contribution in [0.2, 0.25) is 0 Å². The number of benzene rings is 1. The summed E-state index contributed by atoms with van der Waals surface area (Å²) in [6.07, 6.45) is 7.09. The van der Waals surface area contributed by atoms with E-state index >= 15 is 0 Å². The lowest BCUT2D eigenvalue weighted by Crippen LogP contribution is -2.19. The monoisotopic (exact) mass is 354 g/mol. The first-order valence-corrected chi connectivity index (χ1v) is 9.10. The third kappa shape index (κ3) is 5.41. The van der Waals surface area contributed by atoms with Crippen LogP contribution in [0.25, 0.3) is 0 Å². The lowest BCUT2D eigenvalue weighted by Gasteiger charge is -2.21. The van der Waals surface area contributed by atoms with E-state index in [1.54, 1.807) is 13.0 Å². The van der Waals surface area contributed by atoms with E-state index in [1.165, 1.54) is 32.1 Å². The molecule has 2 aliphatic rings. The molecule has 5 heteroatoms. The van der Waals surface area contributed by atoms with Crippen LogP contribution in [0.15, 0.2) is 24.3 Å². The average Bonchev–Trinajstić information content (AvgIpc) is 3.30. The second kappa shape index (κ2) is 7.71. The molecule has 0 radical (unpaired) electrons. The lowest BCUT2D eigenvalue weighted by molar-refractivity contribution is -0.275. The van der Waals surface area contributed by atoms with Crippen LogP contribution in [-0.4, -0.2) is 13.0 Å². The van der Waals surface area contributed by atoms with Crippen LogP contribution in [0.1, 0.15) is 49.7 Å². The van der Waals surface area contributed by atoms with E-state index in [4.69, 9.17) is 4.74 Å². The smallest absolute Gasteiger partial charge is 0.490 e. The second-order valence-corrected chi connectivity index (χ2v) is 7.13. The van der Waals surface area contributed by atoms with Crippen LogP contribution in [0.3, 0.4) is 0 Å². The summed E-state index contributed by atoms with van der Waals surface area (Å²) in [7, 11) is 0. The molecule has 0 N–H and O–H groups in total. The molecule has 0 spiro atoms. The van der Waals surface area contributed by atoms with Crippen LogP contribution in [-0.2, 0) is 6.42 Å². The molecule has 138 valence electrons. The molecule has 0 amide bonds. The zero-order chi connectivity index (χ0) is 17.9. The quantitative estimate of drug-likeness (QED) is 0.535. The van der Waals surface area contributed by atoms with Crippen molar-refractivity contribution < 1.29 is 22.6 Å². The fourth-order valence-corrected chi connectivity index (χ4v) is 3.05. The van der Waals surface area contributed by atoms with Crippen LogP contribution in [0, 0.1) is 18.8 Å². The maximum absolute atomic E-state index is 12.8. The Morgan fingerprint density at radius 2 is 1.92 bits per heavy atom. The van der Waals surface area contributed by atoms with Crippen molar-refractivity contribution in [3.05, 3.63) is 35.4 Å². The predicted molar refractivity (Wildman–Crippen MR) is 90.9 cm³/mol. The topological polar surface area (TPSA) is 18.5 Å². The molecule has 0 saturated heterocycles. The van der Waals surface area contributed by atoms with Crippen molar-refractivity contribution in [2.45, 2.75) is 58.2 Å². The molecule has 0 heterocycles. The summed E-state index contributed by atoms with van der Waals surface area (Å²) in [5.41, 5.74) is 1.34. The normalized spacial score (nSPS) is 18.4. The van der Waals surface area contributed by atoms with Crippen LogP contribution >= 0.6 is 0 Å². The van der Waals surface area contributed by atoms with Crippen molar-refractivity contribution in [3.63, 3.8) is 0 Å². The van der Waals surface area contributed by atoms with Gasteiger partial charge in [-0.3, -0.25) is 0 Å². The van der Waals surface area contributed by atoms with Gasteiger partial charge >= 0.3 is 6.36 Å². The van der Waals surface area contributed by atoms with Gasteiger partial charge < -0.3 is 9.47 Å². The Bertz CT molecular complexity index is 614. The Balaban J connectivity index is 1.71. The number of ether oxygens (including phenoxy) is 2. The fourth-order valence-electron chi connectivity index (χ4n) is 3.05. The molecular weight excluding hydrogens is 329 g/mol. The number of hydrogen-bond acceptors (Lipinski definition) is 2. The second-order valence-electron chi connectivity index (χ2n) is 7.13. The summed E-state index contributed by atoms with van der Waals surface area (Å²) in [5, 5.41) is 0. The first-order valence-electron chi connectivity index (χ1n) is 9.10. The molecule has 0 aliphatic heterocycles. The molecule has 0 bridgehead atoms. The maximum Gasteiger partial charge on any atom is 0.573 e. The van der Waals surface area contributed by atoms with Crippen molar-refractivity contribution in [3.8, 4) is 11.5 Å². The highest BCUT2D eigenvalue weighted by atomic mass is 19.4. The lowest BCUT2D eigenvalue weighted by atomic mass is 9.85. The molecule has 3 rings (SSSR count). The summed E-state index contributed by atoms with van der Waals surface area (Å²) >= 11 is 0. The molecular formula is C20H25F3O2. The molecule has 25 heavy (non-hydrogen) atoms. The summed E-state index contributed by atoms with van der Waals surface area (Å²) in [4.78, 5) is 0. The highest BCUT2D eigenvalue weighted by Crippen LogP contribution is 2.38. The van der Waals surface area contributed by atoms with Gasteiger partial charge in [-0.25, -0.2) is 0 Å². The minimum absolute atomic E-state index is 0.183. The molecule has 0 atom stereocenters. The van der Waals surface area contributed by atoms with Gasteiger partial charge in [-0.15, -0.1) is 13.2 Å². The minimum atomic E-state index is -4.72. The summed E-state index contributed by atoms with van der Waals surface area (Å²) < 4.78 is 48.3. The van der Waals surface area contributed by atoms with E-state index in [0.29, 0.717) is 30.4 Å². The van der Waals surface area contributed by atoms with Gasteiger partial charge in [-0.05, 0) is 61.6 Å². The summed E-state index contributed by atoms with van der Waals surface area (Å²) in [6, 6.07) is 3.45. The Morgan fingerprint density at radius 1 is 1.16 bits per heavy atom. The molecule has 2 aliphatic carbocycles. The van der Waals surface area contributed by atoms with Crippen molar-refractivity contribution in [1.29, 1.82) is 0 Å². The van der Waals surface area contributed by atoms with E-state index in [0.717, 1.165) is 12.0 Å². The maximum atomic E-state index is 12.8. The SMILES string of the molecule is Cc1c(C/C=C/C2CCC2)ccc(OCCC2CC2)c1OC(F)(F)F. The molecule has 0 aromatic heterocycles. The molecule has 0 unspecified atom stereocenters. The van der Waals surface area contributed by atoms with Crippen LogP contribution in [0.5, 0.6) is 11.5 Å². The van der Waals surface area contributed by atoms with E-state index in [2.05, 4.69) is 16.9 Å². The zero-order valence-electron chi connectivity index (χ0n) is 14.6. The van der Waals surface area contributed by atoms with Gasteiger partial charge in [-0.1, -0.05) is 37.5 Å². The number of allylic oxidation sites excluding steroid dienone is 2. The van der Waals surface area contributed by atoms with Crippen LogP contribution in [0.4, 0.5) is 13.2 Å². The molecule has 2 fully saturated rings. The first kappa shape index (κ1) is 18.2. The Hall–Kier alpha value is -1.65. The van der Waals surface area contributed by atoms with E-state index in [-0.39, 0.29) is 11.5 Å². The van der Waals surface area contributed by atoms with E-state index in [9.17, 15) is 13.2 Å². The number of hydrogen-bond donors (Lipinski definition) is 0. The zero-order valence-corrected chi connectivity index (χ0v) is 14.6. The predicted octanol–water partition coefficient (Wildman–Crippen LogP) is 5.97. The summed E-state index contributed by atoms with van der Waals surface area (Å²) in [6.45, 7) is 2.10. The number of halogens is 3. The molecule has 1 aromatic rings. The molecule has 2 nitrogen and oxygen atoms in total. The Labute approximate surface area is 147 Å². The first-order chi connectivity index (χ1) is 11.9. The van der Waals surface area contributed by atoms with Crippen molar-refractivity contribution in [1.82, 2.24) is 0 Å². The van der Waals surface area contributed by atoms with Crippen molar-refractivity contribution in [2.75, 3.05) is 6.61 Å². The van der Waals surface area contributed by atoms with Gasteiger partial charge in [0.1, 0.15) is 0 Å².